The number of para-hydroxylation sites is 1. The molecule has 0 saturated heterocycles. The van der Waals surface area contributed by atoms with Gasteiger partial charge in [0.05, 0.1) is 12.2 Å². The van der Waals surface area contributed by atoms with E-state index in [2.05, 4.69) is 52.3 Å². The van der Waals surface area contributed by atoms with E-state index >= 15 is 0 Å². The zero-order chi connectivity index (χ0) is 16.8. The van der Waals surface area contributed by atoms with Crippen molar-refractivity contribution in [3.8, 4) is 0 Å². The normalized spacial score (nSPS) is 11.6. The fraction of sp³-hybridized carbons (Fsp3) is 0.389. The van der Waals surface area contributed by atoms with Crippen molar-refractivity contribution in [2.75, 3.05) is 5.32 Å². The average Bonchev–Trinajstić information content (AvgIpc) is 2.52. The Balaban J connectivity index is 2.17. The van der Waals surface area contributed by atoms with Gasteiger partial charge in [0.25, 0.3) is 0 Å². The van der Waals surface area contributed by atoms with Crippen LogP contribution in [0.5, 0.6) is 0 Å². The van der Waals surface area contributed by atoms with E-state index in [4.69, 9.17) is 5.73 Å². The van der Waals surface area contributed by atoms with E-state index in [0.29, 0.717) is 12.5 Å². The highest BCUT2D eigenvalue weighted by atomic mass is 15.1. The van der Waals surface area contributed by atoms with Crippen molar-refractivity contribution in [2.45, 2.75) is 47.1 Å². The molecule has 122 valence electrons. The van der Waals surface area contributed by atoms with Gasteiger partial charge in [-0.05, 0) is 43.9 Å². The Labute approximate surface area is 138 Å². The molecule has 3 N–H and O–H groups in total. The van der Waals surface area contributed by atoms with E-state index in [-0.39, 0.29) is 0 Å². The smallest absolute Gasteiger partial charge is 0.193 e. The second-order valence-electron chi connectivity index (χ2n) is 5.53. The highest BCUT2D eigenvalue weighted by molar-refractivity contribution is 5.93. The number of nitrogens with zero attached hydrogens (tertiary/aromatic N) is 3. The second-order valence-corrected chi connectivity index (χ2v) is 5.53. The summed E-state index contributed by atoms with van der Waals surface area (Å²) in [5.41, 5.74) is 11.5. The Kier molecular flexibility index (Phi) is 5.68. The summed E-state index contributed by atoms with van der Waals surface area (Å²) in [6, 6.07) is 8.25. The Morgan fingerprint density at radius 2 is 1.78 bits per heavy atom. The summed E-state index contributed by atoms with van der Waals surface area (Å²) in [6.07, 6.45) is 1.90. The van der Waals surface area contributed by atoms with Gasteiger partial charge in [-0.2, -0.15) is 0 Å². The number of aliphatic imine (C=N–C) groups is 1. The van der Waals surface area contributed by atoms with Crippen LogP contribution >= 0.6 is 0 Å². The quantitative estimate of drug-likeness (QED) is 0.657. The van der Waals surface area contributed by atoms with E-state index in [1.165, 1.54) is 11.1 Å². The van der Waals surface area contributed by atoms with Crippen LogP contribution in [0.4, 0.5) is 5.69 Å². The average molecular weight is 311 g/mol. The lowest BCUT2D eigenvalue weighted by Crippen LogP contribution is -2.24. The molecule has 2 rings (SSSR count). The molecule has 1 heterocycles. The van der Waals surface area contributed by atoms with Crippen LogP contribution in [0.25, 0.3) is 0 Å². The molecule has 0 aliphatic rings. The zero-order valence-electron chi connectivity index (χ0n) is 14.3. The Morgan fingerprint density at radius 3 is 2.35 bits per heavy atom. The molecule has 0 amide bonds. The molecule has 1 aromatic carbocycles. The monoisotopic (exact) mass is 311 g/mol. The third kappa shape index (κ3) is 4.52. The van der Waals surface area contributed by atoms with Crippen molar-refractivity contribution >= 4 is 11.6 Å². The fourth-order valence-corrected chi connectivity index (χ4v) is 2.61. The van der Waals surface area contributed by atoms with Crippen molar-refractivity contribution < 1.29 is 0 Å². The molecule has 0 unspecified atom stereocenters. The predicted octanol–water partition coefficient (Wildman–Crippen LogP) is 3.15. The van der Waals surface area contributed by atoms with Crippen LogP contribution in [0.2, 0.25) is 0 Å². The minimum atomic E-state index is 0.412. The van der Waals surface area contributed by atoms with E-state index in [9.17, 15) is 0 Å². The van der Waals surface area contributed by atoms with Gasteiger partial charge in [-0.3, -0.25) is 0 Å². The van der Waals surface area contributed by atoms with E-state index in [0.717, 1.165) is 35.7 Å². The summed E-state index contributed by atoms with van der Waals surface area (Å²) in [5, 5.41) is 3.26. The maximum atomic E-state index is 6.07. The van der Waals surface area contributed by atoms with Crippen molar-refractivity contribution in [1.29, 1.82) is 0 Å². The van der Waals surface area contributed by atoms with Crippen LogP contribution in [0.1, 0.15) is 42.2 Å². The molecule has 23 heavy (non-hydrogen) atoms. The van der Waals surface area contributed by atoms with Gasteiger partial charge in [0.2, 0.25) is 0 Å². The lowest BCUT2D eigenvalue weighted by Gasteiger charge is -2.14. The largest absolute Gasteiger partial charge is 0.370 e. The number of anilines is 1. The number of hydrogen-bond acceptors (Lipinski definition) is 3. The van der Waals surface area contributed by atoms with Gasteiger partial charge in [0.1, 0.15) is 5.82 Å². The maximum Gasteiger partial charge on any atom is 0.193 e. The van der Waals surface area contributed by atoms with Gasteiger partial charge in [-0.15, -0.1) is 0 Å². The molecule has 0 atom stereocenters. The number of hydrogen-bond donors (Lipinski definition) is 2. The number of benzene rings is 1. The number of aryl methyl sites for hydroxylation is 4. The molecular weight excluding hydrogens is 286 g/mol. The first-order valence-corrected chi connectivity index (χ1v) is 8.02. The topological polar surface area (TPSA) is 76.2 Å². The molecule has 5 heteroatoms. The van der Waals surface area contributed by atoms with Crippen LogP contribution in [-0.4, -0.2) is 15.9 Å². The second kappa shape index (κ2) is 7.72. The predicted molar refractivity (Wildman–Crippen MR) is 95.7 cm³/mol. The first kappa shape index (κ1) is 16.9. The lowest BCUT2D eigenvalue weighted by molar-refractivity contribution is 0.906. The van der Waals surface area contributed by atoms with E-state index in [1.807, 2.05) is 19.9 Å². The van der Waals surface area contributed by atoms with E-state index < -0.39 is 0 Å². The highest BCUT2D eigenvalue weighted by Gasteiger charge is 2.07. The molecule has 0 bridgehead atoms. The van der Waals surface area contributed by atoms with Crippen molar-refractivity contribution in [1.82, 2.24) is 9.97 Å². The molecule has 0 radical (unpaired) electrons. The molecule has 0 aliphatic heterocycles. The first-order valence-electron chi connectivity index (χ1n) is 8.02. The summed E-state index contributed by atoms with van der Waals surface area (Å²) in [5.74, 6) is 1.17. The summed E-state index contributed by atoms with van der Waals surface area (Å²) in [6.45, 7) is 8.56. The van der Waals surface area contributed by atoms with Crippen LogP contribution in [-0.2, 0) is 19.4 Å². The molecular formula is C18H25N5. The standard InChI is InChI=1S/C18H25N5/c1-5-14-8-7-9-15(6-2)17(14)23-18(19)20-11-16-10-12(3)21-13(4)22-16/h7-10H,5-6,11H2,1-4H3,(H3,19,20,23). The third-order valence-corrected chi connectivity index (χ3v) is 3.68. The van der Waals surface area contributed by atoms with Gasteiger partial charge in [0, 0.05) is 11.4 Å². The van der Waals surface area contributed by atoms with Crippen molar-refractivity contribution in [3.63, 3.8) is 0 Å². The molecule has 0 fully saturated rings. The maximum absolute atomic E-state index is 6.07. The van der Waals surface area contributed by atoms with Crippen LogP contribution < -0.4 is 11.1 Å². The summed E-state index contributed by atoms with van der Waals surface area (Å²) in [4.78, 5) is 13.1. The Bertz CT molecular complexity index is 664. The highest BCUT2D eigenvalue weighted by Crippen LogP contribution is 2.22. The Morgan fingerprint density at radius 1 is 1.13 bits per heavy atom. The van der Waals surface area contributed by atoms with Gasteiger partial charge < -0.3 is 11.1 Å². The molecule has 0 saturated carbocycles. The van der Waals surface area contributed by atoms with Crippen molar-refractivity contribution in [3.05, 3.63) is 52.6 Å². The summed E-state index contributed by atoms with van der Waals surface area (Å²) < 4.78 is 0. The number of rotatable bonds is 5. The fourth-order valence-electron chi connectivity index (χ4n) is 2.61. The number of aromatic nitrogens is 2. The minimum absolute atomic E-state index is 0.412. The van der Waals surface area contributed by atoms with Gasteiger partial charge in [0.15, 0.2) is 5.96 Å². The Hall–Kier alpha value is -2.43. The minimum Gasteiger partial charge on any atom is -0.370 e. The van der Waals surface area contributed by atoms with Crippen LogP contribution in [0.3, 0.4) is 0 Å². The lowest BCUT2D eigenvalue weighted by atomic mass is 10.0. The molecule has 2 aromatic rings. The first-order chi connectivity index (χ1) is 11.0. The molecule has 0 spiro atoms. The third-order valence-electron chi connectivity index (χ3n) is 3.68. The molecule has 1 aromatic heterocycles. The van der Waals surface area contributed by atoms with Crippen LogP contribution in [0, 0.1) is 13.8 Å². The van der Waals surface area contributed by atoms with Gasteiger partial charge in [-0.25, -0.2) is 15.0 Å². The summed E-state index contributed by atoms with van der Waals surface area (Å²) in [7, 11) is 0. The van der Waals surface area contributed by atoms with Gasteiger partial charge in [-0.1, -0.05) is 32.0 Å². The zero-order valence-corrected chi connectivity index (χ0v) is 14.3. The van der Waals surface area contributed by atoms with Crippen molar-refractivity contribution in [2.24, 2.45) is 10.7 Å². The van der Waals surface area contributed by atoms with E-state index in [1.54, 1.807) is 0 Å². The van der Waals surface area contributed by atoms with Crippen LogP contribution in [0.15, 0.2) is 29.3 Å². The van der Waals surface area contributed by atoms with Gasteiger partial charge >= 0.3 is 0 Å². The summed E-state index contributed by atoms with van der Waals surface area (Å²) >= 11 is 0. The number of guanidine groups is 1. The molecule has 0 aliphatic carbocycles. The molecule has 5 nitrogen and oxygen atoms in total. The SMILES string of the molecule is CCc1cccc(CC)c1NC(N)=NCc1cc(C)nc(C)n1. The number of nitrogens with two attached hydrogens (primary N) is 1. The number of nitrogens with one attached hydrogen (secondary N) is 1.